The normalized spacial score (nSPS) is 18.4. The molecule has 22 heavy (non-hydrogen) atoms. The molecule has 0 aliphatic carbocycles. The molecule has 1 aliphatic rings. The molecule has 1 aliphatic heterocycles. The molecule has 0 unspecified atom stereocenters. The highest BCUT2D eigenvalue weighted by molar-refractivity contribution is 5.64. The number of hydrogen-bond acceptors (Lipinski definition) is 6. The summed E-state index contributed by atoms with van der Waals surface area (Å²) < 4.78 is 17.9. The summed E-state index contributed by atoms with van der Waals surface area (Å²) in [6.07, 6.45) is 2.29. The summed E-state index contributed by atoms with van der Waals surface area (Å²) >= 11 is 0. The lowest BCUT2D eigenvalue weighted by molar-refractivity contribution is 0.195. The molecule has 1 aromatic rings. The average Bonchev–Trinajstić information content (AvgIpc) is 2.94. The number of nitrogens with zero attached hydrogens (tertiary/aromatic N) is 3. The van der Waals surface area contributed by atoms with E-state index in [1.165, 1.54) is 12.4 Å². The zero-order valence-electron chi connectivity index (χ0n) is 11.8. The van der Waals surface area contributed by atoms with E-state index in [1.54, 1.807) is 0 Å². The van der Waals surface area contributed by atoms with Crippen LogP contribution in [0.2, 0.25) is 0 Å². The van der Waals surface area contributed by atoms with Gasteiger partial charge in [-0.05, 0) is 6.42 Å². The van der Waals surface area contributed by atoms with E-state index in [1.807, 2.05) is 10.2 Å². The number of ether oxygens (including phenoxy) is 1. The molecule has 0 aromatic carbocycles. The van der Waals surface area contributed by atoms with Crippen molar-refractivity contribution in [2.45, 2.75) is 12.5 Å². The Labute approximate surface area is 126 Å². The first-order valence-electron chi connectivity index (χ1n) is 6.71. The molecule has 8 nitrogen and oxygen atoms in total. The fraction of sp³-hybridized carbons (Fsp3) is 0.462. The smallest absolute Gasteiger partial charge is 0.404 e. The van der Waals surface area contributed by atoms with Crippen LogP contribution >= 0.6 is 0 Å². The predicted octanol–water partition coefficient (Wildman–Crippen LogP) is 0.547. The number of aliphatic hydroxyl groups excluding tert-OH is 1. The standard InChI is InChI=1S/C13H17FN4O4/c14-3-9(4-17-13(20)21)8-22-11-5-15-12(16-6-11)18-2-1-10(19)7-18/h3,5-6,10,17,19H,1-2,4,7-8H2,(H,20,21)/b9-3+/t10-/m0/s1. The summed E-state index contributed by atoms with van der Waals surface area (Å²) in [5.74, 6) is 0.843. The lowest BCUT2D eigenvalue weighted by Gasteiger charge is -2.15. The van der Waals surface area contributed by atoms with Gasteiger partial charge in [-0.25, -0.2) is 19.2 Å². The number of carboxylic acid groups (broad SMARTS) is 1. The fourth-order valence-electron chi connectivity index (χ4n) is 1.96. The number of anilines is 1. The van der Waals surface area contributed by atoms with E-state index < -0.39 is 6.09 Å². The van der Waals surface area contributed by atoms with Crippen molar-refractivity contribution in [2.24, 2.45) is 0 Å². The topological polar surface area (TPSA) is 108 Å². The van der Waals surface area contributed by atoms with Crippen LogP contribution in [0.3, 0.4) is 0 Å². The molecule has 2 rings (SSSR count). The van der Waals surface area contributed by atoms with E-state index in [0.717, 1.165) is 0 Å². The van der Waals surface area contributed by atoms with E-state index in [0.29, 0.717) is 37.5 Å². The van der Waals surface area contributed by atoms with Crippen LogP contribution in [0, 0.1) is 0 Å². The SMILES string of the molecule is O=C(O)NC/C(=C\F)COc1cnc(N2CC[C@H](O)C2)nc1. The molecule has 0 spiro atoms. The number of rotatable bonds is 6. The van der Waals surface area contributed by atoms with Crippen molar-refractivity contribution in [1.29, 1.82) is 0 Å². The van der Waals surface area contributed by atoms with Crippen molar-refractivity contribution in [1.82, 2.24) is 15.3 Å². The summed E-state index contributed by atoms with van der Waals surface area (Å²) in [6.45, 7) is 0.922. The molecule has 1 aromatic heterocycles. The number of nitrogens with one attached hydrogen (secondary N) is 1. The van der Waals surface area contributed by atoms with Crippen LogP contribution < -0.4 is 15.0 Å². The van der Waals surface area contributed by atoms with Crippen molar-refractivity contribution < 1.29 is 24.1 Å². The van der Waals surface area contributed by atoms with E-state index in [4.69, 9.17) is 9.84 Å². The van der Waals surface area contributed by atoms with Crippen molar-refractivity contribution in [3.63, 3.8) is 0 Å². The van der Waals surface area contributed by atoms with Crippen molar-refractivity contribution in [3.05, 3.63) is 24.3 Å². The number of aliphatic hydroxyl groups is 1. The number of halogens is 1. The van der Waals surface area contributed by atoms with Gasteiger partial charge in [-0.3, -0.25) is 0 Å². The Hall–Kier alpha value is -2.42. The first-order chi connectivity index (χ1) is 10.6. The van der Waals surface area contributed by atoms with Gasteiger partial charge in [0.1, 0.15) is 6.61 Å². The van der Waals surface area contributed by atoms with Gasteiger partial charge in [-0.15, -0.1) is 0 Å². The second kappa shape index (κ2) is 7.55. The maximum Gasteiger partial charge on any atom is 0.404 e. The molecule has 120 valence electrons. The highest BCUT2D eigenvalue weighted by Crippen LogP contribution is 2.17. The third kappa shape index (κ3) is 4.55. The van der Waals surface area contributed by atoms with Gasteiger partial charge in [0.15, 0.2) is 5.75 Å². The number of β-amino-alcohol motifs (C(OH)–C–C–N with tert-alkyl or cyclic N) is 1. The highest BCUT2D eigenvalue weighted by Gasteiger charge is 2.22. The largest absolute Gasteiger partial charge is 0.486 e. The Morgan fingerprint density at radius 2 is 2.27 bits per heavy atom. The average molecular weight is 312 g/mol. The Kier molecular flexibility index (Phi) is 5.48. The lowest BCUT2D eigenvalue weighted by Crippen LogP contribution is -2.25. The molecule has 1 fully saturated rings. The Morgan fingerprint density at radius 1 is 1.55 bits per heavy atom. The summed E-state index contributed by atoms with van der Waals surface area (Å²) in [5.41, 5.74) is 0.147. The fourth-order valence-corrected chi connectivity index (χ4v) is 1.96. The van der Waals surface area contributed by atoms with Crippen molar-refractivity contribution in [2.75, 3.05) is 31.1 Å². The van der Waals surface area contributed by atoms with E-state index in [2.05, 4.69) is 9.97 Å². The highest BCUT2D eigenvalue weighted by atomic mass is 19.1. The van der Waals surface area contributed by atoms with Gasteiger partial charge in [0.05, 0.1) is 24.8 Å². The van der Waals surface area contributed by atoms with E-state index >= 15 is 0 Å². The lowest BCUT2D eigenvalue weighted by atomic mass is 10.3. The maximum atomic E-state index is 12.6. The molecular weight excluding hydrogens is 295 g/mol. The summed E-state index contributed by atoms with van der Waals surface area (Å²) in [6, 6.07) is 0. The van der Waals surface area contributed by atoms with E-state index in [-0.39, 0.29) is 24.8 Å². The van der Waals surface area contributed by atoms with Crippen molar-refractivity contribution in [3.8, 4) is 5.75 Å². The van der Waals surface area contributed by atoms with Crippen molar-refractivity contribution >= 4 is 12.0 Å². The van der Waals surface area contributed by atoms with Crippen LogP contribution in [0.15, 0.2) is 24.3 Å². The first-order valence-corrected chi connectivity index (χ1v) is 6.71. The Bertz CT molecular complexity index is 537. The number of amides is 1. The summed E-state index contributed by atoms with van der Waals surface area (Å²) in [7, 11) is 0. The van der Waals surface area contributed by atoms with E-state index in [9.17, 15) is 14.3 Å². The molecule has 9 heteroatoms. The maximum absolute atomic E-state index is 12.6. The monoisotopic (exact) mass is 312 g/mol. The molecule has 0 saturated carbocycles. The van der Waals surface area contributed by atoms with Crippen LogP contribution in [-0.2, 0) is 0 Å². The number of aromatic nitrogens is 2. The van der Waals surface area contributed by atoms with Gasteiger partial charge < -0.3 is 25.2 Å². The van der Waals surface area contributed by atoms with Gasteiger partial charge in [0.25, 0.3) is 0 Å². The van der Waals surface area contributed by atoms with Gasteiger partial charge in [0, 0.05) is 25.2 Å². The second-order valence-electron chi connectivity index (χ2n) is 4.82. The van der Waals surface area contributed by atoms with Crippen LogP contribution in [-0.4, -0.2) is 58.6 Å². The third-order valence-electron chi connectivity index (χ3n) is 3.11. The minimum absolute atomic E-state index is 0.109. The molecule has 0 radical (unpaired) electrons. The molecule has 1 saturated heterocycles. The van der Waals surface area contributed by atoms with Crippen LogP contribution in [0.4, 0.5) is 15.1 Å². The van der Waals surface area contributed by atoms with Crippen LogP contribution in [0.25, 0.3) is 0 Å². The number of hydrogen-bond donors (Lipinski definition) is 3. The summed E-state index contributed by atoms with van der Waals surface area (Å²) in [4.78, 5) is 20.5. The third-order valence-corrected chi connectivity index (χ3v) is 3.11. The number of carbonyl (C=O) groups is 1. The van der Waals surface area contributed by atoms with Gasteiger partial charge in [0.2, 0.25) is 5.95 Å². The Morgan fingerprint density at radius 3 is 2.82 bits per heavy atom. The molecule has 1 atom stereocenters. The first kappa shape index (κ1) is 16.0. The zero-order chi connectivity index (χ0) is 15.9. The second-order valence-corrected chi connectivity index (χ2v) is 4.82. The molecule has 0 bridgehead atoms. The zero-order valence-corrected chi connectivity index (χ0v) is 11.8. The van der Waals surface area contributed by atoms with Gasteiger partial charge in [-0.1, -0.05) is 0 Å². The molecule has 1 amide bonds. The van der Waals surface area contributed by atoms with Gasteiger partial charge >= 0.3 is 6.09 Å². The minimum Gasteiger partial charge on any atom is -0.486 e. The molecular formula is C13H17FN4O4. The van der Waals surface area contributed by atoms with Crippen LogP contribution in [0.1, 0.15) is 6.42 Å². The Balaban J connectivity index is 1.84. The predicted molar refractivity (Wildman–Crippen MR) is 75.6 cm³/mol. The minimum atomic E-state index is -1.24. The van der Waals surface area contributed by atoms with Crippen LogP contribution in [0.5, 0.6) is 5.75 Å². The quantitative estimate of drug-likeness (QED) is 0.704. The summed E-state index contributed by atoms with van der Waals surface area (Å²) in [5, 5.41) is 20.0. The molecule has 3 N–H and O–H groups in total. The van der Waals surface area contributed by atoms with Gasteiger partial charge in [-0.2, -0.15) is 0 Å². The molecule has 2 heterocycles.